The Balaban J connectivity index is 1.59. The Labute approximate surface area is 153 Å². The molecule has 4 rings (SSSR count). The van der Waals surface area contributed by atoms with Crippen LogP contribution in [-0.4, -0.2) is 42.4 Å². The molecule has 138 valence electrons. The highest BCUT2D eigenvalue weighted by molar-refractivity contribution is 5.33. The van der Waals surface area contributed by atoms with E-state index >= 15 is 0 Å². The molecule has 4 nitrogen and oxygen atoms in total. The van der Waals surface area contributed by atoms with Crippen LogP contribution in [0.15, 0.2) is 48.5 Å². The molecular weight excluding hydrogens is 333 g/mol. The van der Waals surface area contributed by atoms with Crippen molar-refractivity contribution in [3.63, 3.8) is 0 Å². The lowest BCUT2D eigenvalue weighted by Crippen LogP contribution is -2.60. The molecule has 0 amide bonds. The quantitative estimate of drug-likeness (QED) is 0.913. The maximum Gasteiger partial charge on any atom is 0.132 e. The summed E-state index contributed by atoms with van der Waals surface area (Å²) < 4.78 is 25.4. The first kappa shape index (κ1) is 17.5. The highest BCUT2D eigenvalue weighted by Gasteiger charge is 2.47. The van der Waals surface area contributed by atoms with E-state index in [1.807, 2.05) is 18.2 Å². The van der Waals surface area contributed by atoms with Gasteiger partial charge in [-0.15, -0.1) is 0 Å². The first-order chi connectivity index (χ1) is 12.6. The molecule has 2 aliphatic heterocycles. The molecule has 2 saturated heterocycles. The lowest BCUT2D eigenvalue weighted by molar-refractivity contribution is -0.150. The lowest BCUT2D eigenvalue weighted by atomic mass is 9.76. The maximum absolute atomic E-state index is 14.6. The molecule has 2 aromatic rings. The number of halogens is 1. The van der Waals surface area contributed by atoms with E-state index in [1.165, 1.54) is 18.7 Å². The van der Waals surface area contributed by atoms with E-state index in [9.17, 15) is 9.50 Å². The van der Waals surface area contributed by atoms with Crippen molar-refractivity contribution in [2.75, 3.05) is 20.3 Å². The van der Waals surface area contributed by atoms with Gasteiger partial charge < -0.3 is 14.6 Å². The Bertz CT molecular complexity index is 753. The van der Waals surface area contributed by atoms with Gasteiger partial charge in [-0.1, -0.05) is 30.3 Å². The predicted octanol–water partition coefficient (Wildman–Crippen LogP) is 3.09. The molecule has 26 heavy (non-hydrogen) atoms. The summed E-state index contributed by atoms with van der Waals surface area (Å²) in [5, 5.41) is 11.3. The van der Waals surface area contributed by atoms with Crippen LogP contribution in [0.25, 0.3) is 0 Å². The van der Waals surface area contributed by atoms with Crippen LogP contribution in [0, 0.1) is 5.82 Å². The van der Waals surface area contributed by atoms with Crippen LogP contribution in [0.4, 0.5) is 4.39 Å². The van der Waals surface area contributed by atoms with Crippen molar-refractivity contribution in [1.82, 2.24) is 4.90 Å². The Morgan fingerprint density at radius 3 is 2.46 bits per heavy atom. The van der Waals surface area contributed by atoms with Crippen LogP contribution >= 0.6 is 0 Å². The third-order valence-corrected chi connectivity index (χ3v) is 5.59. The minimum Gasteiger partial charge on any atom is -0.497 e. The first-order valence-corrected chi connectivity index (χ1v) is 9.03. The molecule has 2 atom stereocenters. The fourth-order valence-corrected chi connectivity index (χ4v) is 4.32. The normalized spacial score (nSPS) is 28.7. The summed E-state index contributed by atoms with van der Waals surface area (Å²) in [6.07, 6.45) is 0.916. The number of rotatable bonds is 4. The number of hydrogen-bond acceptors (Lipinski definition) is 4. The summed E-state index contributed by atoms with van der Waals surface area (Å²) in [7, 11) is 1.51. The summed E-state index contributed by atoms with van der Waals surface area (Å²) >= 11 is 0. The summed E-state index contributed by atoms with van der Waals surface area (Å²) in [6.45, 7) is 1.94. The van der Waals surface area contributed by atoms with Gasteiger partial charge in [0.2, 0.25) is 0 Å². The molecule has 5 heteroatoms. The van der Waals surface area contributed by atoms with E-state index in [1.54, 1.807) is 12.1 Å². The number of benzene rings is 2. The van der Waals surface area contributed by atoms with Crippen LogP contribution in [0.1, 0.15) is 24.0 Å². The molecule has 0 aliphatic carbocycles. The zero-order chi connectivity index (χ0) is 18.1. The van der Waals surface area contributed by atoms with Gasteiger partial charge in [-0.3, -0.25) is 4.90 Å². The molecule has 0 spiro atoms. The monoisotopic (exact) mass is 357 g/mol. The molecule has 2 aliphatic rings. The SMILES string of the molecule is COc1ccc(C2(O)CC3COCC(C2)N3Cc2ccccc2)c(F)c1. The Hall–Kier alpha value is -1.95. The molecule has 2 unspecified atom stereocenters. The lowest BCUT2D eigenvalue weighted by Gasteiger charge is -2.52. The number of hydrogen-bond donors (Lipinski definition) is 1. The van der Waals surface area contributed by atoms with E-state index in [0.717, 1.165) is 6.54 Å². The first-order valence-electron chi connectivity index (χ1n) is 9.03. The molecule has 2 fully saturated rings. The minimum absolute atomic E-state index is 0.0641. The summed E-state index contributed by atoms with van der Waals surface area (Å²) in [5.41, 5.74) is 0.419. The van der Waals surface area contributed by atoms with E-state index in [-0.39, 0.29) is 12.1 Å². The molecule has 0 aromatic heterocycles. The fourth-order valence-electron chi connectivity index (χ4n) is 4.32. The zero-order valence-electron chi connectivity index (χ0n) is 14.9. The van der Waals surface area contributed by atoms with Crippen LogP contribution in [0.2, 0.25) is 0 Å². The van der Waals surface area contributed by atoms with Crippen molar-refractivity contribution in [2.45, 2.75) is 37.1 Å². The molecule has 0 radical (unpaired) electrons. The van der Waals surface area contributed by atoms with Crippen molar-refractivity contribution in [3.8, 4) is 5.75 Å². The smallest absolute Gasteiger partial charge is 0.132 e. The average molecular weight is 357 g/mol. The van der Waals surface area contributed by atoms with Crippen molar-refractivity contribution in [1.29, 1.82) is 0 Å². The number of aliphatic hydroxyl groups is 1. The predicted molar refractivity (Wildman–Crippen MR) is 96.5 cm³/mol. The highest BCUT2D eigenvalue weighted by Crippen LogP contribution is 2.42. The van der Waals surface area contributed by atoms with Crippen LogP contribution in [0.5, 0.6) is 5.75 Å². The van der Waals surface area contributed by atoms with Crippen LogP contribution < -0.4 is 4.74 Å². The number of piperidine rings is 1. The van der Waals surface area contributed by atoms with E-state index < -0.39 is 11.4 Å². The molecule has 2 aromatic carbocycles. The van der Waals surface area contributed by atoms with Gasteiger partial charge in [-0.25, -0.2) is 4.39 Å². The topological polar surface area (TPSA) is 41.9 Å². The summed E-state index contributed by atoms with van der Waals surface area (Å²) in [5.74, 6) is 0.0437. The van der Waals surface area contributed by atoms with Gasteiger partial charge in [-0.2, -0.15) is 0 Å². The number of ether oxygens (including phenoxy) is 2. The van der Waals surface area contributed by atoms with Crippen molar-refractivity contribution < 1.29 is 19.0 Å². The number of methoxy groups -OCH3 is 1. The second-order valence-electron chi connectivity index (χ2n) is 7.29. The molecular formula is C21H24FNO3. The highest BCUT2D eigenvalue weighted by atomic mass is 19.1. The van der Waals surface area contributed by atoms with Crippen LogP contribution in [-0.2, 0) is 16.9 Å². The third kappa shape index (κ3) is 3.22. The van der Waals surface area contributed by atoms with E-state index in [2.05, 4.69) is 17.0 Å². The summed E-state index contributed by atoms with van der Waals surface area (Å²) in [6, 6.07) is 15.1. The Morgan fingerprint density at radius 1 is 1.15 bits per heavy atom. The molecule has 2 heterocycles. The van der Waals surface area contributed by atoms with Gasteiger partial charge in [0.1, 0.15) is 11.6 Å². The van der Waals surface area contributed by atoms with Gasteiger partial charge in [0, 0.05) is 30.3 Å². The number of nitrogens with zero attached hydrogens (tertiary/aromatic N) is 1. The fraction of sp³-hybridized carbons (Fsp3) is 0.429. The van der Waals surface area contributed by atoms with Gasteiger partial charge in [0.25, 0.3) is 0 Å². The third-order valence-electron chi connectivity index (χ3n) is 5.59. The molecule has 0 saturated carbocycles. The van der Waals surface area contributed by atoms with E-state index in [4.69, 9.17) is 9.47 Å². The average Bonchev–Trinajstić information content (AvgIpc) is 2.63. The number of morpholine rings is 1. The maximum atomic E-state index is 14.6. The second-order valence-corrected chi connectivity index (χ2v) is 7.29. The summed E-state index contributed by atoms with van der Waals surface area (Å²) in [4.78, 5) is 2.40. The second kappa shape index (κ2) is 6.99. The Morgan fingerprint density at radius 2 is 1.85 bits per heavy atom. The standard InChI is InChI=1S/C21H24FNO3/c1-25-18-7-8-19(20(22)9-18)21(24)10-16-13-26-14-17(11-21)23(16)12-15-5-3-2-4-6-15/h2-9,16-17,24H,10-14H2,1H3. The van der Waals surface area contributed by atoms with Gasteiger partial charge in [0.15, 0.2) is 0 Å². The van der Waals surface area contributed by atoms with Crippen LogP contribution in [0.3, 0.4) is 0 Å². The number of fused-ring (bicyclic) bond motifs is 2. The zero-order valence-corrected chi connectivity index (χ0v) is 14.9. The van der Waals surface area contributed by atoms with E-state index in [0.29, 0.717) is 37.4 Å². The van der Waals surface area contributed by atoms with Gasteiger partial charge >= 0.3 is 0 Å². The van der Waals surface area contributed by atoms with Crippen molar-refractivity contribution in [2.24, 2.45) is 0 Å². The molecule has 2 bridgehead atoms. The van der Waals surface area contributed by atoms with Gasteiger partial charge in [0.05, 0.1) is 25.9 Å². The largest absolute Gasteiger partial charge is 0.497 e. The Kier molecular flexibility index (Phi) is 4.69. The molecule has 1 N–H and O–H groups in total. The minimum atomic E-state index is -1.18. The van der Waals surface area contributed by atoms with Crippen molar-refractivity contribution in [3.05, 3.63) is 65.5 Å². The van der Waals surface area contributed by atoms with Crippen molar-refractivity contribution >= 4 is 0 Å². The van der Waals surface area contributed by atoms with Gasteiger partial charge in [-0.05, 0) is 30.5 Å².